The molecule has 0 amide bonds. The standard InChI is InChI=1S/C21H30N4O4S/c1-5-29-17-13-16(15(2)26)7-8-18(17)30-12-6-9-22-10-11-23-19-14-20(27)25(4)21(28)24(19)3/h7-8,13-14,22-23H,5-6,9-12H2,1-4H3. The van der Waals surface area contributed by atoms with Crippen molar-refractivity contribution in [2.45, 2.75) is 25.2 Å². The highest BCUT2D eigenvalue weighted by atomic mass is 32.2. The van der Waals surface area contributed by atoms with Crippen molar-refractivity contribution in [3.05, 3.63) is 50.7 Å². The highest BCUT2D eigenvalue weighted by Gasteiger charge is 2.08. The molecule has 1 aromatic carbocycles. The molecule has 164 valence electrons. The fourth-order valence-corrected chi connectivity index (χ4v) is 3.73. The fraction of sp³-hybridized carbons (Fsp3) is 0.476. The summed E-state index contributed by atoms with van der Waals surface area (Å²) in [5, 5.41) is 6.46. The smallest absolute Gasteiger partial charge is 0.332 e. The van der Waals surface area contributed by atoms with Crippen LogP contribution in [0.2, 0.25) is 0 Å². The Morgan fingerprint density at radius 3 is 2.57 bits per heavy atom. The van der Waals surface area contributed by atoms with E-state index in [1.54, 1.807) is 25.7 Å². The second-order valence-corrected chi connectivity index (χ2v) is 7.93. The van der Waals surface area contributed by atoms with Crippen LogP contribution in [0, 0.1) is 0 Å². The lowest BCUT2D eigenvalue weighted by Crippen LogP contribution is -2.38. The van der Waals surface area contributed by atoms with Gasteiger partial charge in [0.05, 0.1) is 6.61 Å². The molecule has 2 rings (SSSR count). The number of thioether (sulfide) groups is 1. The summed E-state index contributed by atoms with van der Waals surface area (Å²) in [6.45, 7) is 6.20. The van der Waals surface area contributed by atoms with Crippen molar-refractivity contribution < 1.29 is 9.53 Å². The number of ketones is 1. The first-order chi connectivity index (χ1) is 14.3. The number of carbonyl (C=O) groups excluding carboxylic acids is 1. The highest BCUT2D eigenvalue weighted by Crippen LogP contribution is 2.31. The molecule has 0 fully saturated rings. The van der Waals surface area contributed by atoms with Crippen LogP contribution in [0.3, 0.4) is 0 Å². The number of Topliss-reactive ketones (excluding diaryl/α,β-unsaturated/α-hetero) is 1. The van der Waals surface area contributed by atoms with Gasteiger partial charge in [0.2, 0.25) is 0 Å². The number of nitrogens with zero attached hydrogens (tertiary/aromatic N) is 2. The van der Waals surface area contributed by atoms with E-state index in [1.165, 1.54) is 17.7 Å². The van der Waals surface area contributed by atoms with E-state index in [4.69, 9.17) is 4.74 Å². The predicted octanol–water partition coefficient (Wildman–Crippen LogP) is 1.87. The number of anilines is 1. The Hall–Kier alpha value is -2.52. The van der Waals surface area contributed by atoms with Gasteiger partial charge in [0.25, 0.3) is 5.56 Å². The summed E-state index contributed by atoms with van der Waals surface area (Å²) in [7, 11) is 3.09. The van der Waals surface area contributed by atoms with Crippen molar-refractivity contribution in [2.24, 2.45) is 14.1 Å². The average Bonchev–Trinajstić information content (AvgIpc) is 2.72. The second kappa shape index (κ2) is 11.6. The Kier molecular flexibility index (Phi) is 9.19. The van der Waals surface area contributed by atoms with Crippen LogP contribution >= 0.6 is 11.8 Å². The molecule has 0 saturated heterocycles. The molecular formula is C21H30N4O4S. The molecule has 0 aliphatic heterocycles. The number of hydrogen-bond acceptors (Lipinski definition) is 7. The minimum absolute atomic E-state index is 0.0289. The summed E-state index contributed by atoms with van der Waals surface area (Å²) in [4.78, 5) is 36.2. The highest BCUT2D eigenvalue weighted by molar-refractivity contribution is 7.99. The number of rotatable bonds is 12. The minimum atomic E-state index is -0.349. The van der Waals surface area contributed by atoms with Gasteiger partial charge in [-0.1, -0.05) is 6.07 Å². The van der Waals surface area contributed by atoms with Gasteiger partial charge in [0.1, 0.15) is 11.6 Å². The molecule has 0 spiro atoms. The molecule has 0 unspecified atom stereocenters. The first-order valence-corrected chi connectivity index (χ1v) is 11.0. The summed E-state index contributed by atoms with van der Waals surface area (Å²) in [6, 6.07) is 7.01. The zero-order valence-corrected chi connectivity index (χ0v) is 18.8. The Labute approximate surface area is 180 Å². The summed E-state index contributed by atoms with van der Waals surface area (Å²) >= 11 is 1.71. The number of nitrogens with one attached hydrogen (secondary N) is 2. The van der Waals surface area contributed by atoms with E-state index < -0.39 is 0 Å². The Bertz CT molecular complexity index is 984. The van der Waals surface area contributed by atoms with Gasteiger partial charge in [0.15, 0.2) is 5.78 Å². The average molecular weight is 435 g/mol. The summed E-state index contributed by atoms with van der Waals surface area (Å²) in [5.74, 6) is 2.22. The third-order valence-electron chi connectivity index (χ3n) is 4.54. The number of carbonyl (C=O) groups is 1. The number of aromatic nitrogens is 2. The van der Waals surface area contributed by atoms with Gasteiger partial charge in [-0.25, -0.2) is 4.79 Å². The maximum Gasteiger partial charge on any atom is 0.332 e. The van der Waals surface area contributed by atoms with Crippen LogP contribution in [0.5, 0.6) is 5.75 Å². The van der Waals surface area contributed by atoms with Crippen molar-refractivity contribution in [3.8, 4) is 5.75 Å². The minimum Gasteiger partial charge on any atom is -0.493 e. The Morgan fingerprint density at radius 2 is 1.87 bits per heavy atom. The maximum atomic E-state index is 11.9. The summed E-state index contributed by atoms with van der Waals surface area (Å²) < 4.78 is 8.17. The van der Waals surface area contributed by atoms with Crippen molar-refractivity contribution >= 4 is 23.4 Å². The van der Waals surface area contributed by atoms with Crippen LogP contribution in [0.4, 0.5) is 5.82 Å². The molecular weight excluding hydrogens is 404 g/mol. The molecule has 0 saturated carbocycles. The molecule has 2 aromatic rings. The lowest BCUT2D eigenvalue weighted by atomic mass is 10.1. The van der Waals surface area contributed by atoms with Crippen LogP contribution in [0.15, 0.2) is 38.8 Å². The Balaban J connectivity index is 1.71. The van der Waals surface area contributed by atoms with Crippen LogP contribution in [-0.2, 0) is 14.1 Å². The molecule has 2 N–H and O–H groups in total. The third kappa shape index (κ3) is 6.50. The van der Waals surface area contributed by atoms with E-state index in [-0.39, 0.29) is 17.0 Å². The second-order valence-electron chi connectivity index (χ2n) is 6.80. The monoisotopic (exact) mass is 434 g/mol. The summed E-state index contributed by atoms with van der Waals surface area (Å²) in [6.07, 6.45) is 0.967. The lowest BCUT2D eigenvalue weighted by Gasteiger charge is -2.12. The molecule has 1 aromatic heterocycles. The molecule has 8 nitrogen and oxygen atoms in total. The van der Waals surface area contributed by atoms with E-state index in [0.29, 0.717) is 31.1 Å². The van der Waals surface area contributed by atoms with Crippen LogP contribution in [-0.4, -0.2) is 46.9 Å². The largest absolute Gasteiger partial charge is 0.493 e. The van der Waals surface area contributed by atoms with Gasteiger partial charge in [-0.05, 0) is 44.7 Å². The fourth-order valence-electron chi connectivity index (χ4n) is 2.80. The number of hydrogen-bond donors (Lipinski definition) is 2. The van der Waals surface area contributed by atoms with Crippen molar-refractivity contribution in [2.75, 3.05) is 37.3 Å². The zero-order chi connectivity index (χ0) is 22.1. The molecule has 9 heteroatoms. The first-order valence-electron chi connectivity index (χ1n) is 9.97. The summed E-state index contributed by atoms with van der Waals surface area (Å²) in [5.41, 5.74) is -0.0168. The molecule has 0 aliphatic carbocycles. The van der Waals surface area contributed by atoms with Crippen molar-refractivity contribution in [1.82, 2.24) is 14.5 Å². The van der Waals surface area contributed by atoms with Crippen LogP contribution in [0.25, 0.3) is 0 Å². The van der Waals surface area contributed by atoms with Gasteiger partial charge >= 0.3 is 5.69 Å². The molecule has 1 heterocycles. The van der Waals surface area contributed by atoms with Crippen LogP contribution in [0.1, 0.15) is 30.6 Å². The Morgan fingerprint density at radius 1 is 1.10 bits per heavy atom. The lowest BCUT2D eigenvalue weighted by molar-refractivity contribution is 0.101. The molecule has 0 atom stereocenters. The van der Waals surface area contributed by atoms with E-state index in [9.17, 15) is 14.4 Å². The predicted molar refractivity (Wildman–Crippen MR) is 121 cm³/mol. The molecule has 0 radical (unpaired) electrons. The van der Waals surface area contributed by atoms with E-state index in [1.807, 2.05) is 25.1 Å². The van der Waals surface area contributed by atoms with Gasteiger partial charge in [-0.3, -0.25) is 18.7 Å². The van der Waals surface area contributed by atoms with Gasteiger partial charge in [-0.15, -0.1) is 11.8 Å². The van der Waals surface area contributed by atoms with E-state index >= 15 is 0 Å². The van der Waals surface area contributed by atoms with Crippen molar-refractivity contribution in [3.63, 3.8) is 0 Å². The molecule has 0 aliphatic rings. The number of benzene rings is 1. The van der Waals surface area contributed by atoms with Gasteiger partial charge in [0, 0.05) is 43.7 Å². The number of ether oxygens (including phenoxy) is 1. The zero-order valence-electron chi connectivity index (χ0n) is 18.0. The van der Waals surface area contributed by atoms with Crippen molar-refractivity contribution in [1.29, 1.82) is 0 Å². The van der Waals surface area contributed by atoms with E-state index in [0.717, 1.165) is 33.9 Å². The quantitative estimate of drug-likeness (QED) is 0.299. The SMILES string of the molecule is CCOc1cc(C(C)=O)ccc1SCCCNCCNc1cc(=O)n(C)c(=O)n1C. The van der Waals surface area contributed by atoms with Crippen LogP contribution < -0.4 is 26.6 Å². The maximum absolute atomic E-state index is 11.9. The van der Waals surface area contributed by atoms with Gasteiger partial charge < -0.3 is 15.4 Å². The third-order valence-corrected chi connectivity index (χ3v) is 5.68. The molecule has 30 heavy (non-hydrogen) atoms. The van der Waals surface area contributed by atoms with E-state index in [2.05, 4.69) is 10.6 Å². The topological polar surface area (TPSA) is 94.4 Å². The molecule has 0 bridgehead atoms. The van der Waals surface area contributed by atoms with Gasteiger partial charge in [-0.2, -0.15) is 0 Å². The normalized spacial score (nSPS) is 10.8. The first kappa shape index (κ1) is 23.8.